The number of nitrogens with one attached hydrogen (secondary N) is 2. The van der Waals surface area contributed by atoms with Crippen molar-refractivity contribution >= 4 is 40.4 Å². The molecule has 2 N–H and O–H groups in total. The predicted octanol–water partition coefficient (Wildman–Crippen LogP) is 5.26. The molecule has 6 nitrogen and oxygen atoms in total. The van der Waals surface area contributed by atoms with Crippen LogP contribution in [-0.4, -0.2) is 24.7 Å². The van der Waals surface area contributed by atoms with Crippen LogP contribution in [0.25, 0.3) is 0 Å². The third kappa shape index (κ3) is 5.51. The number of thiocarbonyl (C=S) groups is 1. The van der Waals surface area contributed by atoms with Gasteiger partial charge in [0.25, 0.3) is 0 Å². The second-order valence-electron chi connectivity index (χ2n) is 7.39. The Morgan fingerprint density at radius 1 is 1.03 bits per heavy atom. The summed E-state index contributed by atoms with van der Waals surface area (Å²) < 4.78 is 3.80. The lowest BCUT2D eigenvalue weighted by Crippen LogP contribution is -2.19. The standard InChI is InChI=1S/C23H23ClN6S/c1-16-6-3-4-8-19(16)14-29-15-21(12-25-29)26-23(31)27-22-10-17(2)30(28-22)13-18-7-5-9-20(24)11-18/h3-12,15H,13-14H2,1-2H3,(H2,26,27,28,31). The molecule has 0 unspecified atom stereocenters. The van der Waals surface area contributed by atoms with Gasteiger partial charge < -0.3 is 10.6 Å². The summed E-state index contributed by atoms with van der Waals surface area (Å²) in [6.45, 7) is 5.46. The molecule has 0 amide bonds. The predicted molar refractivity (Wildman–Crippen MR) is 130 cm³/mol. The van der Waals surface area contributed by atoms with Crippen LogP contribution in [0.2, 0.25) is 5.02 Å². The topological polar surface area (TPSA) is 59.7 Å². The van der Waals surface area contributed by atoms with E-state index in [2.05, 4.69) is 39.9 Å². The van der Waals surface area contributed by atoms with E-state index in [1.54, 1.807) is 6.20 Å². The van der Waals surface area contributed by atoms with Gasteiger partial charge in [-0.3, -0.25) is 9.36 Å². The molecule has 0 aliphatic heterocycles. The average molecular weight is 451 g/mol. The Morgan fingerprint density at radius 2 is 1.87 bits per heavy atom. The molecule has 0 fully saturated rings. The van der Waals surface area contributed by atoms with Gasteiger partial charge in [0.2, 0.25) is 0 Å². The molecule has 158 valence electrons. The summed E-state index contributed by atoms with van der Waals surface area (Å²) in [6, 6.07) is 18.0. The van der Waals surface area contributed by atoms with Crippen molar-refractivity contribution in [3.63, 3.8) is 0 Å². The minimum Gasteiger partial charge on any atom is -0.330 e. The lowest BCUT2D eigenvalue weighted by molar-refractivity contribution is 0.668. The largest absolute Gasteiger partial charge is 0.330 e. The zero-order valence-corrected chi connectivity index (χ0v) is 18.9. The van der Waals surface area contributed by atoms with Crippen molar-refractivity contribution in [3.05, 3.63) is 94.4 Å². The number of nitrogens with zero attached hydrogens (tertiary/aromatic N) is 4. The van der Waals surface area contributed by atoms with Gasteiger partial charge in [-0.25, -0.2) is 0 Å². The zero-order chi connectivity index (χ0) is 21.8. The maximum Gasteiger partial charge on any atom is 0.176 e. The molecule has 2 heterocycles. The quantitative estimate of drug-likeness (QED) is 0.392. The van der Waals surface area contributed by atoms with Crippen molar-refractivity contribution in [2.75, 3.05) is 10.6 Å². The third-order valence-electron chi connectivity index (χ3n) is 4.93. The molecule has 4 aromatic rings. The lowest BCUT2D eigenvalue weighted by atomic mass is 10.1. The Kier molecular flexibility index (Phi) is 6.34. The van der Waals surface area contributed by atoms with E-state index in [1.807, 2.05) is 64.9 Å². The monoisotopic (exact) mass is 450 g/mol. The van der Waals surface area contributed by atoms with Gasteiger partial charge in [0.05, 0.1) is 25.0 Å². The van der Waals surface area contributed by atoms with Crippen LogP contribution < -0.4 is 10.6 Å². The van der Waals surface area contributed by atoms with Crippen molar-refractivity contribution in [2.45, 2.75) is 26.9 Å². The van der Waals surface area contributed by atoms with Gasteiger partial charge >= 0.3 is 0 Å². The minimum absolute atomic E-state index is 0.461. The van der Waals surface area contributed by atoms with E-state index < -0.39 is 0 Å². The van der Waals surface area contributed by atoms with Crippen LogP contribution in [0.5, 0.6) is 0 Å². The summed E-state index contributed by atoms with van der Waals surface area (Å²) in [6.07, 6.45) is 3.69. The van der Waals surface area contributed by atoms with E-state index >= 15 is 0 Å². The van der Waals surface area contributed by atoms with E-state index in [9.17, 15) is 0 Å². The summed E-state index contributed by atoms with van der Waals surface area (Å²) in [4.78, 5) is 0. The molecule has 4 rings (SSSR count). The Hall–Kier alpha value is -3.16. The van der Waals surface area contributed by atoms with Crippen molar-refractivity contribution in [1.29, 1.82) is 0 Å². The highest BCUT2D eigenvalue weighted by atomic mass is 35.5. The summed E-state index contributed by atoms with van der Waals surface area (Å²) in [7, 11) is 0. The van der Waals surface area contributed by atoms with Gasteiger partial charge in [0.1, 0.15) is 0 Å². The molecule has 0 aliphatic carbocycles. The first-order chi connectivity index (χ1) is 15.0. The molecular weight excluding hydrogens is 428 g/mol. The van der Waals surface area contributed by atoms with Crippen LogP contribution >= 0.6 is 23.8 Å². The molecule has 0 saturated heterocycles. The van der Waals surface area contributed by atoms with Crippen LogP contribution in [0.15, 0.2) is 67.0 Å². The Morgan fingerprint density at radius 3 is 2.68 bits per heavy atom. The molecule has 0 radical (unpaired) electrons. The molecule has 31 heavy (non-hydrogen) atoms. The summed E-state index contributed by atoms with van der Waals surface area (Å²) >= 11 is 11.5. The first kappa shape index (κ1) is 21.1. The Labute approximate surface area is 191 Å². The number of halogens is 1. The second-order valence-corrected chi connectivity index (χ2v) is 8.24. The Bertz CT molecular complexity index is 1210. The maximum absolute atomic E-state index is 6.08. The molecule has 2 aromatic heterocycles. The molecule has 8 heteroatoms. The van der Waals surface area contributed by atoms with Gasteiger partial charge in [-0.2, -0.15) is 10.2 Å². The smallest absolute Gasteiger partial charge is 0.176 e. The van der Waals surface area contributed by atoms with Gasteiger partial charge in [0, 0.05) is 23.0 Å². The van der Waals surface area contributed by atoms with E-state index in [4.69, 9.17) is 23.8 Å². The minimum atomic E-state index is 0.461. The fraction of sp³-hybridized carbons (Fsp3) is 0.174. The molecule has 0 atom stereocenters. The van der Waals surface area contributed by atoms with Gasteiger partial charge in [-0.15, -0.1) is 0 Å². The van der Waals surface area contributed by atoms with Crippen molar-refractivity contribution in [2.24, 2.45) is 0 Å². The molecular formula is C23H23ClN6S. The van der Waals surface area contributed by atoms with Crippen molar-refractivity contribution in [1.82, 2.24) is 19.6 Å². The van der Waals surface area contributed by atoms with Crippen molar-refractivity contribution in [3.8, 4) is 0 Å². The third-order valence-corrected chi connectivity index (χ3v) is 5.37. The summed E-state index contributed by atoms with van der Waals surface area (Å²) in [5.74, 6) is 0.685. The van der Waals surface area contributed by atoms with E-state index in [0.717, 1.165) is 16.9 Å². The number of benzene rings is 2. The number of anilines is 2. The van der Waals surface area contributed by atoms with Crippen LogP contribution in [0.3, 0.4) is 0 Å². The fourth-order valence-electron chi connectivity index (χ4n) is 3.29. The number of rotatable bonds is 6. The molecule has 0 bridgehead atoms. The average Bonchev–Trinajstić information content (AvgIpc) is 3.29. The first-order valence-electron chi connectivity index (χ1n) is 9.90. The number of aromatic nitrogens is 4. The zero-order valence-electron chi connectivity index (χ0n) is 17.3. The van der Waals surface area contributed by atoms with Crippen LogP contribution in [0.4, 0.5) is 11.5 Å². The van der Waals surface area contributed by atoms with Gasteiger partial charge in [-0.05, 0) is 54.9 Å². The summed E-state index contributed by atoms with van der Waals surface area (Å²) in [5.41, 5.74) is 5.41. The van der Waals surface area contributed by atoms with E-state index in [0.29, 0.717) is 29.0 Å². The highest BCUT2D eigenvalue weighted by Crippen LogP contribution is 2.16. The van der Waals surface area contributed by atoms with Crippen LogP contribution in [-0.2, 0) is 13.1 Å². The van der Waals surface area contributed by atoms with E-state index in [-0.39, 0.29) is 0 Å². The first-order valence-corrected chi connectivity index (χ1v) is 10.7. The number of hydrogen-bond donors (Lipinski definition) is 2. The SMILES string of the molecule is Cc1ccccc1Cn1cc(NC(=S)Nc2cc(C)n(Cc3cccc(Cl)c3)n2)cn1. The van der Waals surface area contributed by atoms with Crippen LogP contribution in [0.1, 0.15) is 22.4 Å². The molecule has 0 aliphatic rings. The fourth-order valence-corrected chi connectivity index (χ4v) is 3.73. The van der Waals surface area contributed by atoms with Gasteiger partial charge in [-0.1, -0.05) is 48.0 Å². The second kappa shape index (κ2) is 9.32. The molecule has 0 spiro atoms. The number of hydrogen-bond acceptors (Lipinski definition) is 3. The normalized spacial score (nSPS) is 10.8. The highest BCUT2D eigenvalue weighted by Gasteiger charge is 2.08. The molecule has 2 aromatic carbocycles. The Balaban J connectivity index is 1.36. The maximum atomic E-state index is 6.08. The van der Waals surface area contributed by atoms with Gasteiger partial charge in [0.15, 0.2) is 10.9 Å². The summed E-state index contributed by atoms with van der Waals surface area (Å²) in [5, 5.41) is 16.5. The van der Waals surface area contributed by atoms with Crippen molar-refractivity contribution < 1.29 is 0 Å². The highest BCUT2D eigenvalue weighted by molar-refractivity contribution is 7.80. The molecule has 0 saturated carbocycles. The van der Waals surface area contributed by atoms with Crippen LogP contribution in [0, 0.1) is 13.8 Å². The number of aryl methyl sites for hydroxylation is 2. The lowest BCUT2D eigenvalue weighted by Gasteiger charge is -2.07. The van der Waals surface area contributed by atoms with E-state index in [1.165, 1.54) is 11.1 Å².